The Labute approximate surface area is 155 Å². The summed E-state index contributed by atoms with van der Waals surface area (Å²) in [6, 6.07) is 14.6. The van der Waals surface area contributed by atoms with Crippen molar-refractivity contribution >= 4 is 29.2 Å². The summed E-state index contributed by atoms with van der Waals surface area (Å²) in [6.45, 7) is 1.95. The van der Waals surface area contributed by atoms with Gasteiger partial charge in [0.05, 0.1) is 28.5 Å². The van der Waals surface area contributed by atoms with Crippen LogP contribution in [0.15, 0.2) is 48.5 Å². The van der Waals surface area contributed by atoms with Crippen molar-refractivity contribution in [2.75, 3.05) is 0 Å². The third-order valence-electron chi connectivity index (χ3n) is 3.93. The molecule has 3 aromatic rings. The van der Waals surface area contributed by atoms with E-state index in [4.69, 9.17) is 23.2 Å². The van der Waals surface area contributed by atoms with Gasteiger partial charge in [0.15, 0.2) is 0 Å². The fourth-order valence-electron chi connectivity index (χ4n) is 2.82. The summed E-state index contributed by atoms with van der Waals surface area (Å²) < 4.78 is 1.72. The van der Waals surface area contributed by atoms with E-state index in [0.29, 0.717) is 27.7 Å². The van der Waals surface area contributed by atoms with Gasteiger partial charge >= 0.3 is 5.97 Å². The van der Waals surface area contributed by atoms with Gasteiger partial charge in [0.2, 0.25) is 0 Å². The highest BCUT2D eigenvalue weighted by molar-refractivity contribution is 6.32. The molecule has 3 rings (SSSR count). The molecule has 0 aliphatic heterocycles. The lowest BCUT2D eigenvalue weighted by molar-refractivity contribution is -0.136. The van der Waals surface area contributed by atoms with Crippen molar-refractivity contribution in [2.45, 2.75) is 19.8 Å². The fraction of sp³-hybridized carbons (Fsp3) is 0.158. The number of hydrogen-bond acceptors (Lipinski definition) is 2. The molecule has 1 heterocycles. The molecule has 0 aliphatic carbocycles. The van der Waals surface area contributed by atoms with E-state index in [-0.39, 0.29) is 6.42 Å². The molecule has 0 amide bonds. The summed E-state index contributed by atoms with van der Waals surface area (Å²) in [5.41, 5.74) is 3.71. The summed E-state index contributed by atoms with van der Waals surface area (Å²) in [7, 11) is 0. The maximum atomic E-state index is 11.4. The van der Waals surface area contributed by atoms with Crippen LogP contribution in [-0.2, 0) is 17.6 Å². The minimum Gasteiger partial charge on any atom is -0.481 e. The van der Waals surface area contributed by atoms with Crippen LogP contribution in [0.4, 0.5) is 0 Å². The monoisotopic (exact) mass is 374 g/mol. The van der Waals surface area contributed by atoms with E-state index in [9.17, 15) is 9.90 Å². The van der Waals surface area contributed by atoms with Gasteiger partial charge in [-0.05, 0) is 30.7 Å². The number of aliphatic carboxylic acids is 1. The van der Waals surface area contributed by atoms with Crippen LogP contribution in [0.5, 0.6) is 0 Å². The summed E-state index contributed by atoms with van der Waals surface area (Å²) in [4.78, 5) is 11.4. The third-order valence-corrected chi connectivity index (χ3v) is 4.50. The second kappa shape index (κ2) is 7.30. The van der Waals surface area contributed by atoms with Crippen LogP contribution >= 0.6 is 23.2 Å². The molecule has 6 heteroatoms. The van der Waals surface area contributed by atoms with E-state index in [2.05, 4.69) is 5.10 Å². The first-order chi connectivity index (χ1) is 12.0. The number of carboxylic acids is 1. The van der Waals surface area contributed by atoms with Crippen molar-refractivity contribution in [3.63, 3.8) is 0 Å². The number of aryl methyl sites for hydroxylation is 1. The average molecular weight is 375 g/mol. The Kier molecular flexibility index (Phi) is 5.11. The molecule has 0 bridgehead atoms. The van der Waals surface area contributed by atoms with E-state index < -0.39 is 5.97 Å². The average Bonchev–Trinajstić information content (AvgIpc) is 2.93. The van der Waals surface area contributed by atoms with E-state index in [1.54, 1.807) is 22.9 Å². The first-order valence-corrected chi connectivity index (χ1v) is 8.60. The summed E-state index contributed by atoms with van der Waals surface area (Å²) in [5.74, 6) is -0.899. The van der Waals surface area contributed by atoms with Gasteiger partial charge < -0.3 is 5.11 Å². The highest BCUT2D eigenvalue weighted by Gasteiger charge is 2.22. The van der Waals surface area contributed by atoms with Crippen molar-refractivity contribution < 1.29 is 9.90 Å². The molecule has 0 spiro atoms. The predicted molar refractivity (Wildman–Crippen MR) is 99.7 cm³/mol. The highest BCUT2D eigenvalue weighted by Crippen LogP contribution is 2.33. The Morgan fingerprint density at radius 2 is 1.80 bits per heavy atom. The number of carbonyl (C=O) groups is 1. The van der Waals surface area contributed by atoms with E-state index in [1.165, 1.54) is 0 Å². The Morgan fingerprint density at radius 1 is 1.12 bits per heavy atom. The maximum Gasteiger partial charge on any atom is 0.307 e. The Bertz CT molecular complexity index is 918. The van der Waals surface area contributed by atoms with Gasteiger partial charge in [-0.25, -0.2) is 4.68 Å². The molecule has 0 saturated heterocycles. The lowest BCUT2D eigenvalue weighted by Crippen LogP contribution is -2.04. The van der Waals surface area contributed by atoms with Crippen LogP contribution in [0.3, 0.4) is 0 Å². The molecular weight excluding hydrogens is 359 g/mol. The zero-order chi connectivity index (χ0) is 18.0. The number of para-hydroxylation sites is 1. The predicted octanol–water partition coefficient (Wildman–Crippen LogP) is 5.04. The molecule has 0 unspecified atom stereocenters. The molecule has 2 aromatic carbocycles. The lowest BCUT2D eigenvalue weighted by Gasteiger charge is -2.11. The van der Waals surface area contributed by atoms with Gasteiger partial charge in [-0.1, -0.05) is 54.4 Å². The normalized spacial score (nSPS) is 10.8. The van der Waals surface area contributed by atoms with Crippen molar-refractivity contribution in [3.8, 4) is 16.9 Å². The molecule has 1 aromatic heterocycles. The van der Waals surface area contributed by atoms with Crippen LogP contribution in [0.1, 0.15) is 18.2 Å². The number of benzene rings is 2. The van der Waals surface area contributed by atoms with Gasteiger partial charge in [-0.2, -0.15) is 5.10 Å². The van der Waals surface area contributed by atoms with E-state index >= 15 is 0 Å². The maximum absolute atomic E-state index is 11.4. The number of aromatic nitrogens is 2. The minimum absolute atomic E-state index is 0.106. The van der Waals surface area contributed by atoms with Crippen LogP contribution in [0.25, 0.3) is 16.9 Å². The Hall–Kier alpha value is -2.30. The zero-order valence-electron chi connectivity index (χ0n) is 13.5. The van der Waals surface area contributed by atoms with E-state index in [1.807, 2.05) is 37.3 Å². The van der Waals surface area contributed by atoms with Gasteiger partial charge in [-0.15, -0.1) is 0 Å². The largest absolute Gasteiger partial charge is 0.481 e. The van der Waals surface area contributed by atoms with Gasteiger partial charge in [0.1, 0.15) is 0 Å². The number of halogens is 2. The van der Waals surface area contributed by atoms with Crippen LogP contribution in [0, 0.1) is 0 Å². The summed E-state index contributed by atoms with van der Waals surface area (Å²) >= 11 is 12.4. The quantitative estimate of drug-likeness (QED) is 0.680. The Balaban J connectivity index is 2.31. The number of rotatable bonds is 5. The standard InChI is InChI=1S/C19H16Cl2N2O2/c1-2-16-14(11-18(24)25)19(12-7-9-13(20)10-8-12)23(22-16)17-6-4-3-5-15(17)21/h3-10H,2,11H2,1H3,(H,24,25). The van der Waals surface area contributed by atoms with Gasteiger partial charge in [0.25, 0.3) is 0 Å². The topological polar surface area (TPSA) is 55.1 Å². The molecule has 128 valence electrons. The SMILES string of the molecule is CCc1nn(-c2ccccc2Cl)c(-c2ccc(Cl)cc2)c1CC(=O)O. The summed E-state index contributed by atoms with van der Waals surface area (Å²) in [5, 5.41) is 15.2. The molecular formula is C19H16Cl2N2O2. The molecule has 1 N–H and O–H groups in total. The third kappa shape index (κ3) is 3.55. The minimum atomic E-state index is -0.899. The zero-order valence-corrected chi connectivity index (χ0v) is 15.1. The number of carboxylic acid groups (broad SMARTS) is 1. The van der Waals surface area contributed by atoms with Crippen molar-refractivity contribution in [1.29, 1.82) is 0 Å². The molecule has 25 heavy (non-hydrogen) atoms. The smallest absolute Gasteiger partial charge is 0.307 e. The molecule has 4 nitrogen and oxygen atoms in total. The van der Waals surface area contributed by atoms with Crippen LogP contribution in [-0.4, -0.2) is 20.9 Å². The molecule has 0 atom stereocenters. The van der Waals surface area contributed by atoms with Crippen LogP contribution in [0.2, 0.25) is 10.0 Å². The number of hydrogen-bond donors (Lipinski definition) is 1. The molecule has 0 radical (unpaired) electrons. The fourth-order valence-corrected chi connectivity index (χ4v) is 3.16. The molecule has 0 aliphatic rings. The van der Waals surface area contributed by atoms with Crippen molar-refractivity contribution in [1.82, 2.24) is 9.78 Å². The van der Waals surface area contributed by atoms with Gasteiger partial charge in [0, 0.05) is 16.1 Å². The molecule has 0 saturated carbocycles. The first kappa shape index (κ1) is 17.5. The van der Waals surface area contributed by atoms with Crippen molar-refractivity contribution in [2.24, 2.45) is 0 Å². The van der Waals surface area contributed by atoms with Crippen LogP contribution < -0.4 is 0 Å². The van der Waals surface area contributed by atoms with Gasteiger partial charge in [-0.3, -0.25) is 4.79 Å². The van der Waals surface area contributed by atoms with E-state index in [0.717, 1.165) is 17.0 Å². The first-order valence-electron chi connectivity index (χ1n) is 7.84. The lowest BCUT2D eigenvalue weighted by atomic mass is 10.0. The number of nitrogens with zero attached hydrogens (tertiary/aromatic N) is 2. The summed E-state index contributed by atoms with van der Waals surface area (Å²) in [6.07, 6.45) is 0.520. The molecule has 0 fully saturated rings. The second-order valence-corrected chi connectivity index (χ2v) is 6.41. The van der Waals surface area contributed by atoms with Crippen molar-refractivity contribution in [3.05, 3.63) is 69.8 Å². The Morgan fingerprint density at radius 3 is 2.40 bits per heavy atom. The highest BCUT2D eigenvalue weighted by atomic mass is 35.5. The second-order valence-electron chi connectivity index (χ2n) is 5.57.